The third kappa shape index (κ3) is 4.06. The first-order valence-electron chi connectivity index (χ1n) is 8.22. The van der Waals surface area contributed by atoms with Crippen LogP contribution in [0.2, 0.25) is 0 Å². The molecule has 1 N–H and O–H groups in total. The zero-order valence-corrected chi connectivity index (χ0v) is 14.2. The van der Waals surface area contributed by atoms with Gasteiger partial charge in [-0.05, 0) is 37.1 Å². The fraction of sp³-hybridized carbons (Fsp3) is 0.389. The molecular weight excluding hydrogens is 326 g/mol. The quantitative estimate of drug-likeness (QED) is 0.900. The van der Waals surface area contributed by atoms with Crippen LogP contribution < -0.4 is 5.32 Å². The van der Waals surface area contributed by atoms with Gasteiger partial charge in [-0.15, -0.1) is 0 Å². The van der Waals surface area contributed by atoms with Crippen molar-refractivity contribution in [3.63, 3.8) is 0 Å². The molecular formula is C18H21NO4S. The maximum Gasteiger partial charge on any atom is 0.287 e. The molecule has 6 heteroatoms. The highest BCUT2D eigenvalue weighted by atomic mass is 32.2. The van der Waals surface area contributed by atoms with Gasteiger partial charge in [-0.1, -0.05) is 37.5 Å². The van der Waals surface area contributed by atoms with Crippen molar-refractivity contribution in [3.8, 4) is 0 Å². The van der Waals surface area contributed by atoms with Crippen LogP contribution in [-0.4, -0.2) is 20.4 Å². The summed E-state index contributed by atoms with van der Waals surface area (Å²) in [7, 11) is -3.48. The molecule has 1 heterocycles. The highest BCUT2D eigenvalue weighted by molar-refractivity contribution is 7.90. The largest absolute Gasteiger partial charge is 0.455 e. The number of benzene rings is 1. The molecule has 1 aromatic heterocycles. The molecule has 1 amide bonds. The highest BCUT2D eigenvalue weighted by Gasteiger charge is 2.21. The van der Waals surface area contributed by atoms with E-state index in [0.29, 0.717) is 0 Å². The summed E-state index contributed by atoms with van der Waals surface area (Å²) in [4.78, 5) is 12.5. The second kappa shape index (κ2) is 7.21. The number of hydrogen-bond acceptors (Lipinski definition) is 4. The van der Waals surface area contributed by atoms with Crippen molar-refractivity contribution in [1.82, 2.24) is 5.32 Å². The first-order valence-corrected chi connectivity index (χ1v) is 9.87. The normalized spacial score (nSPS) is 16.0. The van der Waals surface area contributed by atoms with Gasteiger partial charge in [-0.3, -0.25) is 4.79 Å². The van der Waals surface area contributed by atoms with Crippen LogP contribution in [0.1, 0.15) is 48.4 Å². The molecule has 0 aliphatic heterocycles. The van der Waals surface area contributed by atoms with E-state index in [2.05, 4.69) is 5.32 Å². The standard InChI is InChI=1S/C18H21NO4S/c20-18(19-14-7-3-1-4-8-14)17-12-11-15(23-17)13-24(21,22)16-9-5-2-6-10-16/h2,5-6,9-12,14H,1,3-4,7-8,13H2,(H,19,20). The van der Waals surface area contributed by atoms with E-state index in [1.165, 1.54) is 12.5 Å². The van der Waals surface area contributed by atoms with E-state index in [-0.39, 0.29) is 34.1 Å². The van der Waals surface area contributed by atoms with Crippen LogP contribution in [0.3, 0.4) is 0 Å². The molecule has 24 heavy (non-hydrogen) atoms. The maximum absolute atomic E-state index is 12.3. The molecule has 0 radical (unpaired) electrons. The monoisotopic (exact) mass is 347 g/mol. The molecule has 1 aromatic carbocycles. The van der Waals surface area contributed by atoms with E-state index in [0.717, 1.165) is 25.7 Å². The third-order valence-corrected chi connectivity index (χ3v) is 5.92. The molecule has 128 valence electrons. The summed E-state index contributed by atoms with van der Waals surface area (Å²) in [6.07, 6.45) is 5.45. The summed E-state index contributed by atoms with van der Waals surface area (Å²) < 4.78 is 30.1. The predicted octanol–water partition coefficient (Wildman–Crippen LogP) is 3.32. The van der Waals surface area contributed by atoms with Crippen molar-refractivity contribution in [2.24, 2.45) is 0 Å². The molecule has 0 unspecified atom stereocenters. The molecule has 0 spiro atoms. The van der Waals surface area contributed by atoms with Gasteiger partial charge in [-0.25, -0.2) is 8.42 Å². The molecule has 1 aliphatic rings. The van der Waals surface area contributed by atoms with E-state index in [1.807, 2.05) is 0 Å². The van der Waals surface area contributed by atoms with Gasteiger partial charge in [-0.2, -0.15) is 0 Å². The van der Waals surface area contributed by atoms with Gasteiger partial charge >= 0.3 is 0 Å². The first-order chi connectivity index (χ1) is 11.5. The van der Waals surface area contributed by atoms with E-state index in [1.54, 1.807) is 36.4 Å². The molecule has 0 saturated heterocycles. The Labute approximate surface area is 142 Å². The lowest BCUT2D eigenvalue weighted by Gasteiger charge is -2.22. The SMILES string of the molecule is O=C(NC1CCCCC1)c1ccc(CS(=O)(=O)c2ccccc2)o1. The van der Waals surface area contributed by atoms with Gasteiger partial charge < -0.3 is 9.73 Å². The van der Waals surface area contributed by atoms with Gasteiger partial charge in [0.2, 0.25) is 0 Å². The summed E-state index contributed by atoms with van der Waals surface area (Å²) in [6.45, 7) is 0. The highest BCUT2D eigenvalue weighted by Crippen LogP contribution is 2.20. The van der Waals surface area contributed by atoms with Crippen molar-refractivity contribution >= 4 is 15.7 Å². The number of amides is 1. The lowest BCUT2D eigenvalue weighted by Crippen LogP contribution is -2.35. The van der Waals surface area contributed by atoms with E-state index in [9.17, 15) is 13.2 Å². The summed E-state index contributed by atoms with van der Waals surface area (Å²) in [5, 5.41) is 2.96. The molecule has 1 saturated carbocycles. The minimum absolute atomic E-state index is 0.166. The van der Waals surface area contributed by atoms with Crippen molar-refractivity contribution in [2.75, 3.05) is 0 Å². The van der Waals surface area contributed by atoms with Crippen LogP contribution in [0, 0.1) is 0 Å². The zero-order chi connectivity index (χ0) is 17.0. The van der Waals surface area contributed by atoms with E-state index in [4.69, 9.17) is 4.42 Å². The summed E-state index contributed by atoms with van der Waals surface area (Å²) in [5.41, 5.74) is 0. The van der Waals surface area contributed by atoms with Crippen LogP contribution in [0.4, 0.5) is 0 Å². The Bertz CT molecular complexity index is 789. The Kier molecular flexibility index (Phi) is 5.04. The average molecular weight is 347 g/mol. The summed E-state index contributed by atoms with van der Waals surface area (Å²) >= 11 is 0. The average Bonchev–Trinajstić information content (AvgIpc) is 3.04. The summed E-state index contributed by atoms with van der Waals surface area (Å²) in [6, 6.07) is 11.5. The Balaban J connectivity index is 1.66. The van der Waals surface area contributed by atoms with Crippen molar-refractivity contribution < 1.29 is 17.6 Å². The van der Waals surface area contributed by atoms with Crippen LogP contribution in [0.5, 0.6) is 0 Å². The van der Waals surface area contributed by atoms with Gasteiger partial charge in [0.05, 0.1) is 4.90 Å². The minimum atomic E-state index is -3.48. The van der Waals surface area contributed by atoms with Gasteiger partial charge in [0.25, 0.3) is 5.91 Å². The van der Waals surface area contributed by atoms with Crippen LogP contribution in [0.15, 0.2) is 51.8 Å². The number of furan rings is 1. The van der Waals surface area contributed by atoms with Gasteiger partial charge in [0.15, 0.2) is 15.6 Å². The number of carbonyl (C=O) groups excluding carboxylic acids is 1. The minimum Gasteiger partial charge on any atom is -0.455 e. The number of hydrogen-bond donors (Lipinski definition) is 1. The Morgan fingerprint density at radius 3 is 2.46 bits per heavy atom. The fourth-order valence-corrected chi connectivity index (χ4v) is 4.25. The third-order valence-electron chi connectivity index (χ3n) is 4.26. The van der Waals surface area contributed by atoms with Crippen LogP contribution in [-0.2, 0) is 15.6 Å². The molecule has 5 nitrogen and oxygen atoms in total. The maximum atomic E-state index is 12.3. The second-order valence-electron chi connectivity index (χ2n) is 6.15. The number of rotatable bonds is 5. The van der Waals surface area contributed by atoms with Crippen molar-refractivity contribution in [2.45, 2.75) is 48.8 Å². The smallest absolute Gasteiger partial charge is 0.287 e. The Morgan fingerprint density at radius 2 is 1.75 bits per heavy atom. The fourth-order valence-electron chi connectivity index (χ4n) is 2.98. The molecule has 0 atom stereocenters. The van der Waals surface area contributed by atoms with Gasteiger partial charge in [0.1, 0.15) is 11.5 Å². The lowest BCUT2D eigenvalue weighted by atomic mass is 9.95. The Hall–Kier alpha value is -2.08. The first kappa shape index (κ1) is 16.8. The number of sulfone groups is 1. The molecule has 1 fully saturated rings. The second-order valence-corrected chi connectivity index (χ2v) is 8.14. The number of carbonyl (C=O) groups is 1. The van der Waals surface area contributed by atoms with Gasteiger partial charge in [0, 0.05) is 6.04 Å². The van der Waals surface area contributed by atoms with E-state index >= 15 is 0 Å². The topological polar surface area (TPSA) is 76.4 Å². The zero-order valence-electron chi connectivity index (χ0n) is 13.4. The molecule has 3 rings (SSSR count). The molecule has 2 aromatic rings. The van der Waals surface area contributed by atoms with Crippen molar-refractivity contribution in [3.05, 3.63) is 54.0 Å². The van der Waals surface area contributed by atoms with Crippen LogP contribution >= 0.6 is 0 Å². The number of nitrogens with one attached hydrogen (secondary N) is 1. The van der Waals surface area contributed by atoms with Crippen LogP contribution in [0.25, 0.3) is 0 Å². The van der Waals surface area contributed by atoms with E-state index < -0.39 is 9.84 Å². The predicted molar refractivity (Wildman–Crippen MR) is 90.4 cm³/mol. The molecule has 1 aliphatic carbocycles. The Morgan fingerprint density at radius 1 is 1.04 bits per heavy atom. The lowest BCUT2D eigenvalue weighted by molar-refractivity contribution is 0.0898. The summed E-state index contributed by atoms with van der Waals surface area (Å²) in [5.74, 6) is -0.0926. The molecule has 0 bridgehead atoms. The van der Waals surface area contributed by atoms with Crippen molar-refractivity contribution in [1.29, 1.82) is 0 Å².